The van der Waals surface area contributed by atoms with Gasteiger partial charge in [0.1, 0.15) is 12.6 Å². The van der Waals surface area contributed by atoms with Gasteiger partial charge in [-0.25, -0.2) is 8.42 Å². The van der Waals surface area contributed by atoms with Gasteiger partial charge in [0.25, 0.3) is 10.0 Å². The van der Waals surface area contributed by atoms with Gasteiger partial charge in [-0.3, -0.25) is 13.9 Å². The molecule has 9 heteroatoms. The molecule has 0 spiro atoms. The van der Waals surface area contributed by atoms with Crippen LogP contribution in [0.2, 0.25) is 5.02 Å². The third-order valence-corrected chi connectivity index (χ3v) is 9.58. The van der Waals surface area contributed by atoms with E-state index in [0.717, 1.165) is 41.1 Å². The van der Waals surface area contributed by atoms with Crippen LogP contribution in [0.4, 0.5) is 5.69 Å². The fourth-order valence-corrected chi connectivity index (χ4v) is 7.04. The van der Waals surface area contributed by atoms with E-state index in [1.807, 2.05) is 38.1 Å². The van der Waals surface area contributed by atoms with Crippen LogP contribution in [0.1, 0.15) is 55.7 Å². The van der Waals surface area contributed by atoms with E-state index in [4.69, 9.17) is 11.6 Å². The number of rotatable bonds is 11. The normalized spacial score (nSPS) is 14.4. The second-order valence-corrected chi connectivity index (χ2v) is 13.0. The van der Waals surface area contributed by atoms with Gasteiger partial charge in [0.2, 0.25) is 11.8 Å². The predicted octanol–water partition coefficient (Wildman–Crippen LogP) is 6.02. The molecule has 0 aliphatic heterocycles. The fraction of sp³-hybridized carbons (Fsp3) is 0.375. The van der Waals surface area contributed by atoms with Crippen molar-refractivity contribution >= 4 is 39.1 Å². The molecule has 0 radical (unpaired) electrons. The smallest absolute Gasteiger partial charge is 0.264 e. The third-order valence-electron chi connectivity index (χ3n) is 7.57. The molecule has 1 saturated carbocycles. The predicted molar refractivity (Wildman–Crippen MR) is 163 cm³/mol. The Morgan fingerprint density at radius 2 is 1.68 bits per heavy atom. The Morgan fingerprint density at radius 1 is 0.976 bits per heavy atom. The zero-order valence-electron chi connectivity index (χ0n) is 23.8. The second-order valence-electron chi connectivity index (χ2n) is 10.7. The van der Waals surface area contributed by atoms with Gasteiger partial charge >= 0.3 is 0 Å². The number of carbonyl (C=O) groups is 2. The van der Waals surface area contributed by atoms with Crippen LogP contribution in [0.25, 0.3) is 0 Å². The highest BCUT2D eigenvalue weighted by molar-refractivity contribution is 7.92. The lowest BCUT2D eigenvalue weighted by atomic mass is 10.1. The van der Waals surface area contributed by atoms with Crippen molar-refractivity contribution in [2.24, 2.45) is 0 Å². The topological polar surface area (TPSA) is 86.8 Å². The summed E-state index contributed by atoms with van der Waals surface area (Å²) < 4.78 is 29.1. The molecule has 1 fully saturated rings. The summed E-state index contributed by atoms with van der Waals surface area (Å²) in [5.74, 6) is -0.685. The van der Waals surface area contributed by atoms with Gasteiger partial charge in [-0.15, -0.1) is 0 Å². The zero-order valence-corrected chi connectivity index (χ0v) is 25.4. The standard InChI is InChI=1S/C32H38ClN3O4S/c1-4-29(32(38)34-27-13-8-9-14-27)35(21-25-12-10-11-23(2)19-25)31(37)22-36(30-20-26(33)18-17-24(30)3)41(39,40)28-15-6-5-7-16-28/h5-7,10-12,15-20,27,29H,4,8-9,13-14,21-22H2,1-3H3,(H,34,38)/t29-/m1/s1. The van der Waals surface area contributed by atoms with Crippen LogP contribution in [0.15, 0.2) is 77.7 Å². The molecule has 0 bridgehead atoms. The Balaban J connectivity index is 1.74. The summed E-state index contributed by atoms with van der Waals surface area (Å²) in [6.07, 6.45) is 4.37. The number of hydrogen-bond acceptors (Lipinski definition) is 4. The average molecular weight is 596 g/mol. The first-order chi connectivity index (χ1) is 19.6. The van der Waals surface area contributed by atoms with Crippen molar-refractivity contribution in [3.8, 4) is 0 Å². The summed E-state index contributed by atoms with van der Waals surface area (Å²) in [5, 5.41) is 3.49. The van der Waals surface area contributed by atoms with Crippen LogP contribution in [-0.2, 0) is 26.2 Å². The van der Waals surface area contributed by atoms with Gasteiger partial charge in [0.05, 0.1) is 10.6 Å². The first-order valence-corrected chi connectivity index (χ1v) is 15.9. The van der Waals surface area contributed by atoms with E-state index in [-0.39, 0.29) is 23.4 Å². The Bertz CT molecular complexity index is 1470. The van der Waals surface area contributed by atoms with Crippen LogP contribution in [0, 0.1) is 13.8 Å². The van der Waals surface area contributed by atoms with E-state index in [9.17, 15) is 18.0 Å². The number of hydrogen-bond donors (Lipinski definition) is 1. The van der Waals surface area contributed by atoms with Crippen molar-refractivity contribution in [3.05, 3.63) is 94.5 Å². The van der Waals surface area contributed by atoms with Crippen LogP contribution in [0.3, 0.4) is 0 Å². The Labute approximate surface area is 248 Å². The van der Waals surface area contributed by atoms with Gasteiger partial charge in [-0.05, 0) is 68.5 Å². The molecule has 2 amide bonds. The SMILES string of the molecule is CC[C@H](C(=O)NC1CCCC1)N(Cc1cccc(C)c1)C(=O)CN(c1cc(Cl)ccc1C)S(=O)(=O)c1ccccc1. The minimum Gasteiger partial charge on any atom is -0.352 e. The minimum atomic E-state index is -4.15. The molecule has 0 aromatic heterocycles. The Kier molecular flexibility index (Phi) is 10.1. The maximum atomic E-state index is 14.2. The second kappa shape index (κ2) is 13.5. The summed E-state index contributed by atoms with van der Waals surface area (Å²) >= 11 is 6.30. The number of nitrogens with zero attached hydrogens (tertiary/aromatic N) is 2. The van der Waals surface area contributed by atoms with Gasteiger partial charge in [-0.2, -0.15) is 0 Å². The summed E-state index contributed by atoms with van der Waals surface area (Å²) in [6.45, 7) is 5.30. The molecular weight excluding hydrogens is 558 g/mol. The highest BCUT2D eigenvalue weighted by atomic mass is 35.5. The molecule has 0 unspecified atom stereocenters. The van der Waals surface area contributed by atoms with Crippen LogP contribution in [-0.4, -0.2) is 43.8 Å². The monoisotopic (exact) mass is 595 g/mol. The molecule has 7 nitrogen and oxygen atoms in total. The molecule has 0 heterocycles. The van der Waals surface area contributed by atoms with E-state index in [2.05, 4.69) is 5.32 Å². The third kappa shape index (κ3) is 7.49. The number of aryl methyl sites for hydroxylation is 2. The summed E-state index contributed by atoms with van der Waals surface area (Å²) in [7, 11) is -4.15. The number of benzene rings is 3. The molecule has 41 heavy (non-hydrogen) atoms. The molecule has 1 atom stereocenters. The number of sulfonamides is 1. The largest absolute Gasteiger partial charge is 0.352 e. The van der Waals surface area contributed by atoms with E-state index in [0.29, 0.717) is 22.7 Å². The first-order valence-electron chi connectivity index (χ1n) is 14.1. The van der Waals surface area contributed by atoms with Crippen molar-refractivity contribution in [2.75, 3.05) is 10.8 Å². The van der Waals surface area contributed by atoms with Crippen molar-refractivity contribution in [3.63, 3.8) is 0 Å². The summed E-state index contributed by atoms with van der Waals surface area (Å²) in [6, 6.07) is 20.1. The van der Waals surface area contributed by atoms with Crippen molar-refractivity contribution in [2.45, 2.75) is 76.4 Å². The van der Waals surface area contributed by atoms with Gasteiger partial charge < -0.3 is 10.2 Å². The summed E-state index contributed by atoms with van der Waals surface area (Å²) in [4.78, 5) is 29.4. The van der Waals surface area contributed by atoms with Gasteiger partial charge in [-0.1, -0.05) is 85.5 Å². The molecule has 1 aliphatic rings. The van der Waals surface area contributed by atoms with Gasteiger partial charge in [0.15, 0.2) is 0 Å². The quantitative estimate of drug-likeness (QED) is 0.294. The number of nitrogens with one attached hydrogen (secondary N) is 1. The fourth-order valence-electron chi connectivity index (χ4n) is 5.38. The molecular formula is C32H38ClN3O4S. The van der Waals surface area contributed by atoms with Crippen molar-refractivity contribution in [1.82, 2.24) is 10.2 Å². The van der Waals surface area contributed by atoms with Crippen molar-refractivity contribution in [1.29, 1.82) is 0 Å². The number of carbonyl (C=O) groups excluding carboxylic acids is 2. The minimum absolute atomic E-state index is 0.0587. The lowest BCUT2D eigenvalue weighted by molar-refractivity contribution is -0.140. The lowest BCUT2D eigenvalue weighted by Crippen LogP contribution is -2.53. The molecule has 0 saturated heterocycles. The molecule has 4 rings (SSSR count). The number of amides is 2. The zero-order chi connectivity index (χ0) is 29.6. The Hall–Kier alpha value is -3.36. The summed E-state index contributed by atoms with van der Waals surface area (Å²) in [5.41, 5.74) is 2.86. The maximum Gasteiger partial charge on any atom is 0.264 e. The van der Waals surface area contributed by atoms with Crippen molar-refractivity contribution < 1.29 is 18.0 Å². The molecule has 3 aromatic rings. The maximum absolute atomic E-state index is 14.2. The average Bonchev–Trinajstić information content (AvgIpc) is 3.46. The van der Waals surface area contributed by atoms with E-state index >= 15 is 0 Å². The first kappa shape index (κ1) is 30.6. The van der Waals surface area contributed by atoms with E-state index in [1.54, 1.807) is 43.3 Å². The van der Waals surface area contributed by atoms with E-state index in [1.165, 1.54) is 17.0 Å². The lowest BCUT2D eigenvalue weighted by Gasteiger charge is -2.34. The number of halogens is 1. The highest BCUT2D eigenvalue weighted by Gasteiger charge is 2.35. The number of anilines is 1. The van der Waals surface area contributed by atoms with E-state index < -0.39 is 28.5 Å². The molecule has 218 valence electrons. The Morgan fingerprint density at radius 3 is 2.34 bits per heavy atom. The van der Waals surface area contributed by atoms with Crippen LogP contribution in [0.5, 0.6) is 0 Å². The van der Waals surface area contributed by atoms with Crippen LogP contribution < -0.4 is 9.62 Å². The molecule has 3 aromatic carbocycles. The van der Waals surface area contributed by atoms with Crippen LogP contribution >= 0.6 is 11.6 Å². The molecule has 1 N–H and O–H groups in total. The molecule has 1 aliphatic carbocycles. The van der Waals surface area contributed by atoms with Gasteiger partial charge in [0, 0.05) is 17.6 Å². The highest BCUT2D eigenvalue weighted by Crippen LogP contribution is 2.30.